The van der Waals surface area contributed by atoms with Gasteiger partial charge in [0.25, 0.3) is 0 Å². The average Bonchev–Trinajstić information content (AvgIpc) is 3.27. The second-order valence-corrected chi connectivity index (χ2v) is 12.0. The number of carbonyl (C=O) groups is 2. The van der Waals surface area contributed by atoms with E-state index in [-0.39, 0.29) is 42.6 Å². The van der Waals surface area contributed by atoms with Crippen LogP contribution in [0.4, 0.5) is 0 Å². The van der Waals surface area contributed by atoms with Crippen LogP contribution in [0.1, 0.15) is 84.9 Å². The third-order valence-electron chi connectivity index (χ3n) is 7.55. The summed E-state index contributed by atoms with van der Waals surface area (Å²) < 4.78 is 0. The number of nitrogens with zero attached hydrogens (tertiary/aromatic N) is 1. The second-order valence-electron chi connectivity index (χ2n) is 11.1. The molecule has 7 nitrogen and oxygen atoms in total. The van der Waals surface area contributed by atoms with Gasteiger partial charge in [0.2, 0.25) is 5.91 Å². The quantitative estimate of drug-likeness (QED) is 0.442. The highest BCUT2D eigenvalue weighted by molar-refractivity contribution is 7.09. The number of aliphatic hydroxyl groups is 3. The standard InChI is InChI=1S/C28H44N2O5S/c1-16-9-8-10-17(2)26(34)20(5)27(35)28(6,7)22(32)13-23(33)30-25(18(3)11-16)19(4)12-21-15-36-24(14-31)29-21/h11-12,15,17-18,20,22,25-26,31-32,34H,8-10,13-14H2,1-7H3,(H,30,33)/b16-11-,19-12+/t17-,18-,20+,22-,25-,26-/m0/s1. The van der Waals surface area contributed by atoms with Crippen molar-refractivity contribution in [2.45, 2.75) is 99.0 Å². The third kappa shape index (κ3) is 7.81. The second kappa shape index (κ2) is 13.1. The highest BCUT2D eigenvalue weighted by atomic mass is 32.1. The summed E-state index contributed by atoms with van der Waals surface area (Å²) in [7, 11) is 0. The zero-order chi connectivity index (χ0) is 27.2. The minimum absolute atomic E-state index is 0.0242. The van der Waals surface area contributed by atoms with E-state index in [2.05, 4.69) is 23.3 Å². The summed E-state index contributed by atoms with van der Waals surface area (Å²) in [5.74, 6) is -1.31. The van der Waals surface area contributed by atoms with Gasteiger partial charge in [-0.2, -0.15) is 0 Å². The lowest BCUT2D eigenvalue weighted by molar-refractivity contribution is -0.143. The van der Waals surface area contributed by atoms with Crippen LogP contribution in [0.2, 0.25) is 0 Å². The van der Waals surface area contributed by atoms with Crippen molar-refractivity contribution in [2.75, 3.05) is 0 Å². The Morgan fingerprint density at radius 1 is 1.25 bits per heavy atom. The Kier molecular flexibility index (Phi) is 11.0. The maximum Gasteiger partial charge on any atom is 0.223 e. The number of thiazole rings is 1. The van der Waals surface area contributed by atoms with E-state index in [0.717, 1.165) is 30.5 Å². The molecule has 0 aliphatic carbocycles. The molecule has 2 rings (SSSR count). The fourth-order valence-corrected chi connectivity index (χ4v) is 5.62. The Bertz CT molecular complexity index is 967. The third-order valence-corrected chi connectivity index (χ3v) is 8.40. The SMILES string of the molecule is C/C1=C/[C@H](C)[C@@H](/C(C)=C/c2csc(CO)n2)NC(=O)C[C@H](O)C(C)(C)C(=O)[C@H](C)[C@@H](O)[C@@H](C)CCC1. The molecule has 4 N–H and O–H groups in total. The number of allylic oxidation sites excluding steroid dienone is 1. The van der Waals surface area contributed by atoms with E-state index in [4.69, 9.17) is 0 Å². The van der Waals surface area contributed by atoms with Crippen LogP contribution in [-0.2, 0) is 16.2 Å². The minimum atomic E-state index is -1.19. The molecule has 2 heterocycles. The number of hydrogen-bond donors (Lipinski definition) is 4. The Balaban J connectivity index is 2.40. The predicted octanol–water partition coefficient (Wildman–Crippen LogP) is 4.27. The van der Waals surface area contributed by atoms with Crippen LogP contribution in [0.25, 0.3) is 6.08 Å². The molecule has 0 saturated heterocycles. The number of amides is 1. The topological polar surface area (TPSA) is 120 Å². The fraction of sp³-hybridized carbons (Fsp3) is 0.679. The van der Waals surface area contributed by atoms with Gasteiger partial charge in [0.05, 0.1) is 42.4 Å². The van der Waals surface area contributed by atoms with Crippen molar-refractivity contribution in [1.82, 2.24) is 10.3 Å². The van der Waals surface area contributed by atoms with Crippen LogP contribution in [0, 0.1) is 23.2 Å². The number of aliphatic hydroxyl groups excluding tert-OH is 3. The monoisotopic (exact) mass is 520 g/mol. The molecule has 36 heavy (non-hydrogen) atoms. The van der Waals surface area contributed by atoms with Crippen LogP contribution in [0.15, 0.2) is 22.6 Å². The molecule has 0 aromatic carbocycles. The van der Waals surface area contributed by atoms with E-state index in [0.29, 0.717) is 5.01 Å². The number of carbonyl (C=O) groups excluding carboxylic acids is 2. The molecular weight excluding hydrogens is 476 g/mol. The zero-order valence-electron chi connectivity index (χ0n) is 22.7. The molecule has 8 heteroatoms. The van der Waals surface area contributed by atoms with Gasteiger partial charge in [0.15, 0.2) is 0 Å². The van der Waals surface area contributed by atoms with Crippen LogP contribution in [-0.4, -0.2) is 50.2 Å². The fourth-order valence-electron chi connectivity index (χ4n) is 5.01. The molecule has 0 radical (unpaired) electrons. The van der Waals surface area contributed by atoms with E-state index in [1.807, 2.05) is 32.2 Å². The van der Waals surface area contributed by atoms with Gasteiger partial charge in [-0.1, -0.05) is 46.3 Å². The lowest BCUT2D eigenvalue weighted by atomic mass is 9.73. The van der Waals surface area contributed by atoms with Gasteiger partial charge in [-0.25, -0.2) is 4.98 Å². The van der Waals surface area contributed by atoms with Crippen molar-refractivity contribution < 1.29 is 24.9 Å². The molecule has 0 fully saturated rings. The highest BCUT2D eigenvalue weighted by Crippen LogP contribution is 2.32. The molecule has 1 amide bonds. The Hall–Kier alpha value is -1.87. The van der Waals surface area contributed by atoms with E-state index in [1.165, 1.54) is 16.9 Å². The van der Waals surface area contributed by atoms with Gasteiger partial charge in [0.1, 0.15) is 10.8 Å². The van der Waals surface area contributed by atoms with E-state index in [1.54, 1.807) is 20.8 Å². The Morgan fingerprint density at radius 3 is 2.53 bits per heavy atom. The predicted molar refractivity (Wildman–Crippen MR) is 144 cm³/mol. The minimum Gasteiger partial charge on any atom is -0.392 e. The number of ketones is 1. The van der Waals surface area contributed by atoms with Gasteiger partial charge in [0, 0.05) is 11.3 Å². The maximum atomic E-state index is 13.2. The number of aromatic nitrogens is 1. The summed E-state index contributed by atoms with van der Waals surface area (Å²) >= 11 is 1.38. The molecule has 1 aliphatic heterocycles. The molecule has 0 unspecified atom stereocenters. The Morgan fingerprint density at radius 2 is 1.92 bits per heavy atom. The summed E-state index contributed by atoms with van der Waals surface area (Å²) in [6, 6.07) is -0.328. The summed E-state index contributed by atoms with van der Waals surface area (Å²) in [5, 5.41) is 36.7. The van der Waals surface area contributed by atoms with Gasteiger partial charge in [-0.15, -0.1) is 11.3 Å². The smallest absolute Gasteiger partial charge is 0.223 e. The molecule has 0 spiro atoms. The van der Waals surface area contributed by atoms with Crippen LogP contribution < -0.4 is 5.32 Å². The lowest BCUT2D eigenvalue weighted by Gasteiger charge is -2.35. The Labute approximate surface area is 219 Å². The molecule has 0 saturated carbocycles. The normalized spacial score (nSPS) is 33.1. The zero-order valence-corrected chi connectivity index (χ0v) is 23.6. The van der Waals surface area contributed by atoms with Crippen molar-refractivity contribution >= 4 is 29.1 Å². The lowest BCUT2D eigenvalue weighted by Crippen LogP contribution is -2.48. The highest BCUT2D eigenvalue weighted by Gasteiger charge is 2.42. The first kappa shape index (κ1) is 30.4. The van der Waals surface area contributed by atoms with Crippen LogP contribution in [0.3, 0.4) is 0 Å². The summed E-state index contributed by atoms with van der Waals surface area (Å²) in [5.41, 5.74) is 1.65. The molecule has 6 atom stereocenters. The van der Waals surface area contributed by atoms with Gasteiger partial charge >= 0.3 is 0 Å². The largest absolute Gasteiger partial charge is 0.392 e. The van der Waals surface area contributed by atoms with Crippen molar-refractivity contribution in [3.8, 4) is 0 Å². The molecule has 0 bridgehead atoms. The van der Waals surface area contributed by atoms with E-state index in [9.17, 15) is 24.9 Å². The molecular formula is C28H44N2O5S. The van der Waals surface area contributed by atoms with Gasteiger partial charge in [-0.3, -0.25) is 9.59 Å². The van der Waals surface area contributed by atoms with Crippen molar-refractivity contribution in [3.05, 3.63) is 33.3 Å². The van der Waals surface area contributed by atoms with Gasteiger partial charge < -0.3 is 20.6 Å². The summed E-state index contributed by atoms with van der Waals surface area (Å²) in [6.07, 6.45) is 4.40. The summed E-state index contributed by atoms with van der Waals surface area (Å²) in [4.78, 5) is 30.7. The maximum absolute atomic E-state index is 13.2. The number of Topliss-reactive ketones (excluding diaryl/α,β-unsaturated/α-hetero) is 1. The molecule has 1 aromatic rings. The summed E-state index contributed by atoms with van der Waals surface area (Å²) in [6.45, 7) is 12.9. The van der Waals surface area contributed by atoms with Crippen molar-refractivity contribution in [3.63, 3.8) is 0 Å². The van der Waals surface area contributed by atoms with Crippen LogP contribution >= 0.6 is 11.3 Å². The number of rotatable bonds is 3. The van der Waals surface area contributed by atoms with Gasteiger partial charge in [-0.05, 0) is 56.6 Å². The average molecular weight is 521 g/mol. The first-order valence-electron chi connectivity index (χ1n) is 12.9. The number of nitrogens with one attached hydrogen (secondary N) is 1. The first-order chi connectivity index (χ1) is 16.8. The van der Waals surface area contributed by atoms with E-state index < -0.39 is 23.5 Å². The van der Waals surface area contributed by atoms with Crippen LogP contribution in [0.5, 0.6) is 0 Å². The van der Waals surface area contributed by atoms with E-state index >= 15 is 0 Å². The molecule has 202 valence electrons. The first-order valence-corrected chi connectivity index (χ1v) is 13.8. The van der Waals surface area contributed by atoms with Crippen molar-refractivity contribution in [2.24, 2.45) is 23.2 Å². The molecule has 1 aliphatic rings. The van der Waals surface area contributed by atoms with Crippen molar-refractivity contribution in [1.29, 1.82) is 0 Å². The number of hydrogen-bond acceptors (Lipinski definition) is 7. The molecule has 1 aromatic heterocycles.